The molecule has 0 spiro atoms. The predicted molar refractivity (Wildman–Crippen MR) is 90.3 cm³/mol. The van der Waals surface area contributed by atoms with E-state index in [4.69, 9.17) is 11.6 Å². The fraction of sp³-hybridized carbons (Fsp3) is 0.588. The first kappa shape index (κ1) is 17.1. The number of amides is 2. The van der Waals surface area contributed by atoms with Crippen LogP contribution in [-0.4, -0.2) is 33.8 Å². The van der Waals surface area contributed by atoms with Crippen molar-refractivity contribution in [3.63, 3.8) is 0 Å². The van der Waals surface area contributed by atoms with Gasteiger partial charge in [0.05, 0.1) is 0 Å². The summed E-state index contributed by atoms with van der Waals surface area (Å²) in [5, 5.41) is 11.5. The van der Waals surface area contributed by atoms with Crippen molar-refractivity contribution in [1.29, 1.82) is 0 Å². The Bertz CT molecular complexity index is 540. The van der Waals surface area contributed by atoms with Crippen molar-refractivity contribution in [2.75, 3.05) is 11.4 Å². The first-order valence-corrected chi connectivity index (χ1v) is 8.16. The summed E-state index contributed by atoms with van der Waals surface area (Å²) < 4.78 is 0. The van der Waals surface area contributed by atoms with Crippen LogP contribution in [0.2, 0.25) is 5.02 Å². The zero-order chi connectivity index (χ0) is 16.5. The quantitative estimate of drug-likeness (QED) is 0.899. The minimum atomic E-state index is -1.23. The average molecular weight is 325 g/mol. The standard InChI is InChI=1S/C17H25ClN2O2/c1-5-6-11-19-15(21)20(14-9-7-13(18)8-10-14)17(4,22)12-16(19,2)3/h7-10,22H,5-6,11-12H2,1-4H3/t17-/m1/s1. The van der Waals surface area contributed by atoms with E-state index in [1.54, 1.807) is 31.2 Å². The van der Waals surface area contributed by atoms with E-state index < -0.39 is 5.72 Å². The van der Waals surface area contributed by atoms with Gasteiger partial charge < -0.3 is 10.0 Å². The second-order valence-electron chi connectivity index (χ2n) is 6.81. The first-order chi connectivity index (χ1) is 10.2. The number of nitrogens with zero attached hydrogens (tertiary/aromatic N) is 2. The molecule has 0 unspecified atom stereocenters. The molecule has 2 rings (SSSR count). The average Bonchev–Trinajstić information content (AvgIpc) is 2.38. The summed E-state index contributed by atoms with van der Waals surface area (Å²) in [6.07, 6.45) is 2.46. The minimum Gasteiger partial charge on any atom is -0.371 e. The van der Waals surface area contributed by atoms with Crippen LogP contribution >= 0.6 is 11.6 Å². The Morgan fingerprint density at radius 3 is 2.36 bits per heavy atom. The van der Waals surface area contributed by atoms with Crippen LogP contribution in [0.25, 0.3) is 0 Å². The molecule has 122 valence electrons. The molecule has 1 N–H and O–H groups in total. The maximum absolute atomic E-state index is 13.0. The zero-order valence-electron chi connectivity index (χ0n) is 13.8. The monoisotopic (exact) mass is 324 g/mol. The van der Waals surface area contributed by atoms with Gasteiger partial charge in [0, 0.05) is 29.2 Å². The van der Waals surface area contributed by atoms with E-state index in [0.29, 0.717) is 23.7 Å². The molecule has 1 fully saturated rings. The highest BCUT2D eigenvalue weighted by molar-refractivity contribution is 6.30. The second kappa shape index (κ2) is 6.09. The molecular weight excluding hydrogens is 300 g/mol. The third-order valence-electron chi connectivity index (χ3n) is 4.22. The van der Waals surface area contributed by atoms with Crippen molar-refractivity contribution >= 4 is 23.3 Å². The van der Waals surface area contributed by atoms with Gasteiger partial charge in [0.25, 0.3) is 0 Å². The number of urea groups is 1. The lowest BCUT2D eigenvalue weighted by molar-refractivity contribution is -0.0255. The molecule has 1 aliphatic heterocycles. The molecule has 0 saturated carbocycles. The number of carbonyl (C=O) groups is 1. The molecule has 22 heavy (non-hydrogen) atoms. The minimum absolute atomic E-state index is 0.156. The van der Waals surface area contributed by atoms with Crippen molar-refractivity contribution in [2.45, 2.75) is 58.2 Å². The molecule has 0 bridgehead atoms. The van der Waals surface area contributed by atoms with Crippen LogP contribution in [0.3, 0.4) is 0 Å². The number of hydrogen-bond acceptors (Lipinski definition) is 2. The highest BCUT2D eigenvalue weighted by Gasteiger charge is 2.50. The third-order valence-corrected chi connectivity index (χ3v) is 4.47. The fourth-order valence-electron chi connectivity index (χ4n) is 3.27. The molecule has 1 atom stereocenters. The van der Waals surface area contributed by atoms with Gasteiger partial charge in [-0.05, 0) is 51.5 Å². The van der Waals surface area contributed by atoms with Gasteiger partial charge in [-0.25, -0.2) is 4.79 Å². The molecule has 1 heterocycles. The highest BCUT2D eigenvalue weighted by Crippen LogP contribution is 2.39. The summed E-state index contributed by atoms with van der Waals surface area (Å²) in [4.78, 5) is 16.3. The summed E-state index contributed by atoms with van der Waals surface area (Å²) in [5.41, 5.74) is -0.938. The van der Waals surface area contributed by atoms with Crippen molar-refractivity contribution in [2.24, 2.45) is 0 Å². The van der Waals surface area contributed by atoms with E-state index in [1.807, 2.05) is 18.7 Å². The SMILES string of the molecule is CCCCN1C(=O)N(c2ccc(Cl)cc2)[C@](C)(O)CC1(C)C. The second-order valence-corrected chi connectivity index (χ2v) is 7.24. The number of hydrogen-bond donors (Lipinski definition) is 1. The van der Waals surface area contributed by atoms with E-state index in [9.17, 15) is 9.90 Å². The fourth-order valence-corrected chi connectivity index (χ4v) is 3.40. The molecule has 0 aliphatic carbocycles. The Labute approximate surface area is 137 Å². The van der Waals surface area contributed by atoms with Crippen LogP contribution in [0.4, 0.5) is 10.5 Å². The summed E-state index contributed by atoms with van der Waals surface area (Å²) in [6, 6.07) is 6.85. The van der Waals surface area contributed by atoms with Gasteiger partial charge in [0.1, 0.15) is 5.72 Å². The van der Waals surface area contributed by atoms with Crippen molar-refractivity contribution in [1.82, 2.24) is 4.90 Å². The van der Waals surface area contributed by atoms with Crippen LogP contribution in [0, 0.1) is 0 Å². The number of unbranched alkanes of at least 4 members (excludes halogenated alkanes) is 1. The zero-order valence-corrected chi connectivity index (χ0v) is 14.5. The predicted octanol–water partition coefficient (Wildman–Crippen LogP) is 4.26. The van der Waals surface area contributed by atoms with Crippen molar-refractivity contribution < 1.29 is 9.90 Å². The molecule has 2 amide bonds. The van der Waals surface area contributed by atoms with E-state index in [0.717, 1.165) is 12.8 Å². The number of halogens is 1. The first-order valence-electron chi connectivity index (χ1n) is 7.79. The topological polar surface area (TPSA) is 43.8 Å². The molecule has 0 aromatic heterocycles. The molecule has 1 aromatic rings. The third kappa shape index (κ3) is 3.23. The van der Waals surface area contributed by atoms with Gasteiger partial charge in [0.2, 0.25) is 0 Å². The van der Waals surface area contributed by atoms with Gasteiger partial charge in [-0.15, -0.1) is 0 Å². The maximum Gasteiger partial charge on any atom is 0.327 e. The van der Waals surface area contributed by atoms with Gasteiger partial charge >= 0.3 is 6.03 Å². The van der Waals surface area contributed by atoms with E-state index in [1.165, 1.54) is 4.90 Å². The number of anilines is 1. The van der Waals surface area contributed by atoms with Crippen molar-refractivity contribution in [3.8, 4) is 0 Å². The molecular formula is C17H25ClN2O2. The number of aliphatic hydroxyl groups is 1. The van der Waals surface area contributed by atoms with E-state index >= 15 is 0 Å². The molecule has 4 nitrogen and oxygen atoms in total. The van der Waals surface area contributed by atoms with Crippen LogP contribution in [0.15, 0.2) is 24.3 Å². The normalized spacial score (nSPS) is 24.7. The van der Waals surface area contributed by atoms with Crippen LogP contribution in [0.1, 0.15) is 47.0 Å². The van der Waals surface area contributed by atoms with Gasteiger partial charge in [0.15, 0.2) is 0 Å². The smallest absolute Gasteiger partial charge is 0.327 e. The van der Waals surface area contributed by atoms with Crippen LogP contribution in [-0.2, 0) is 0 Å². The molecule has 1 aromatic carbocycles. The molecule has 0 radical (unpaired) electrons. The Morgan fingerprint density at radius 2 is 1.82 bits per heavy atom. The number of rotatable bonds is 4. The van der Waals surface area contributed by atoms with Crippen LogP contribution < -0.4 is 4.90 Å². The Morgan fingerprint density at radius 1 is 1.23 bits per heavy atom. The lowest BCUT2D eigenvalue weighted by Crippen LogP contribution is -2.68. The van der Waals surface area contributed by atoms with Gasteiger partial charge in [-0.1, -0.05) is 24.9 Å². The number of carbonyl (C=O) groups excluding carboxylic acids is 1. The maximum atomic E-state index is 13.0. The number of benzene rings is 1. The Hall–Kier alpha value is -1.26. The van der Waals surface area contributed by atoms with Gasteiger partial charge in [-0.2, -0.15) is 0 Å². The lowest BCUT2D eigenvalue weighted by atomic mass is 9.87. The summed E-state index contributed by atoms with van der Waals surface area (Å²) in [6.45, 7) is 8.51. The van der Waals surface area contributed by atoms with Crippen molar-refractivity contribution in [3.05, 3.63) is 29.3 Å². The summed E-state index contributed by atoms with van der Waals surface area (Å²) in [5.74, 6) is 0. The molecule has 5 heteroatoms. The van der Waals surface area contributed by atoms with E-state index in [-0.39, 0.29) is 11.6 Å². The lowest BCUT2D eigenvalue weighted by Gasteiger charge is -2.53. The summed E-state index contributed by atoms with van der Waals surface area (Å²) in [7, 11) is 0. The van der Waals surface area contributed by atoms with E-state index in [2.05, 4.69) is 6.92 Å². The highest BCUT2D eigenvalue weighted by atomic mass is 35.5. The Balaban J connectivity index is 2.39. The van der Waals surface area contributed by atoms with Crippen LogP contribution in [0.5, 0.6) is 0 Å². The molecule has 1 aliphatic rings. The Kier molecular flexibility index (Phi) is 4.73. The largest absolute Gasteiger partial charge is 0.371 e. The summed E-state index contributed by atoms with van der Waals surface area (Å²) >= 11 is 5.92. The van der Waals surface area contributed by atoms with Gasteiger partial charge in [-0.3, -0.25) is 4.90 Å². The molecule has 1 saturated heterocycles.